The van der Waals surface area contributed by atoms with E-state index in [-0.39, 0.29) is 28.8 Å². The molecule has 1 spiro atoms. The maximum atomic E-state index is 13.0. The van der Waals surface area contributed by atoms with Crippen LogP contribution in [0.1, 0.15) is 77.2 Å². The van der Waals surface area contributed by atoms with E-state index in [0.29, 0.717) is 11.8 Å². The summed E-state index contributed by atoms with van der Waals surface area (Å²) >= 11 is 0. The number of likely N-dealkylation sites (N-methyl/N-ethyl adjacent to an activating group) is 1. The Hall–Kier alpha value is -1.76. The molecule has 34 heavy (non-hydrogen) atoms. The molecule has 1 aromatic rings. The van der Waals surface area contributed by atoms with Gasteiger partial charge < -0.3 is 5.32 Å². The standard InChI is InChI=1S/C28H44N4O2/c1-20(2)19-32(4)28(22-11-6-5-7-12-22)15-13-27(14-16-28)18-24(30-31-27)23(17-21-9-8-10-21)25(33)26(34)29-3/h5-7,11-12,20-21,23-24,30-31H,8-10,13-19H2,1-4H3,(H,29,34)/t23?,24-,27?,28?/m0/s1. The first-order chi connectivity index (χ1) is 16.3. The van der Waals surface area contributed by atoms with Crippen LogP contribution in [0, 0.1) is 17.8 Å². The molecule has 1 unspecified atom stereocenters. The van der Waals surface area contributed by atoms with Crippen molar-refractivity contribution in [1.29, 1.82) is 0 Å². The molecule has 1 amide bonds. The van der Waals surface area contributed by atoms with Crippen LogP contribution in [0.5, 0.6) is 0 Å². The number of amides is 1. The summed E-state index contributed by atoms with van der Waals surface area (Å²) < 4.78 is 0. The van der Waals surface area contributed by atoms with Gasteiger partial charge in [0.2, 0.25) is 5.78 Å². The van der Waals surface area contributed by atoms with E-state index in [1.165, 1.54) is 24.8 Å². The zero-order chi connectivity index (χ0) is 24.3. The SMILES string of the molecule is CNC(=O)C(=O)C(CC1CCC1)[C@@H]1CC2(CCC(c3ccccc3)(N(C)CC(C)C)CC2)NN1. The van der Waals surface area contributed by atoms with E-state index in [2.05, 4.69) is 72.3 Å². The van der Waals surface area contributed by atoms with Crippen LogP contribution in [0.25, 0.3) is 0 Å². The minimum Gasteiger partial charge on any atom is -0.353 e. The Morgan fingerprint density at radius 1 is 1.12 bits per heavy atom. The number of hydrogen-bond acceptors (Lipinski definition) is 5. The van der Waals surface area contributed by atoms with Crippen LogP contribution in [0.15, 0.2) is 30.3 Å². The predicted octanol–water partition coefficient (Wildman–Crippen LogP) is 3.77. The largest absolute Gasteiger partial charge is 0.353 e. The number of hydrazine groups is 1. The Bertz CT molecular complexity index is 843. The van der Waals surface area contributed by atoms with Gasteiger partial charge in [-0.15, -0.1) is 0 Å². The molecular weight excluding hydrogens is 424 g/mol. The molecule has 2 atom stereocenters. The van der Waals surface area contributed by atoms with Gasteiger partial charge in [-0.3, -0.25) is 25.3 Å². The quantitative estimate of drug-likeness (QED) is 0.481. The number of ketones is 1. The topological polar surface area (TPSA) is 73.5 Å². The molecular formula is C28H44N4O2. The minimum absolute atomic E-state index is 0.0115. The number of nitrogens with one attached hydrogen (secondary N) is 3. The Balaban J connectivity index is 1.49. The zero-order valence-corrected chi connectivity index (χ0v) is 21.5. The van der Waals surface area contributed by atoms with E-state index >= 15 is 0 Å². The molecule has 1 aromatic carbocycles. The molecule has 6 heteroatoms. The number of rotatable bonds is 9. The van der Waals surface area contributed by atoms with E-state index < -0.39 is 5.91 Å². The zero-order valence-electron chi connectivity index (χ0n) is 21.5. The average molecular weight is 469 g/mol. The summed E-state index contributed by atoms with van der Waals surface area (Å²) in [5.74, 6) is 0.242. The molecule has 3 N–H and O–H groups in total. The van der Waals surface area contributed by atoms with Crippen molar-refractivity contribution in [3.63, 3.8) is 0 Å². The molecule has 4 rings (SSSR count). The van der Waals surface area contributed by atoms with Gasteiger partial charge in [0.1, 0.15) is 0 Å². The van der Waals surface area contributed by atoms with Gasteiger partial charge >= 0.3 is 0 Å². The van der Waals surface area contributed by atoms with Gasteiger partial charge in [-0.25, -0.2) is 0 Å². The van der Waals surface area contributed by atoms with Crippen molar-refractivity contribution < 1.29 is 9.59 Å². The molecule has 2 saturated carbocycles. The second kappa shape index (κ2) is 10.5. The summed E-state index contributed by atoms with van der Waals surface area (Å²) in [6.45, 7) is 5.65. The van der Waals surface area contributed by atoms with Gasteiger partial charge in [0.25, 0.3) is 5.91 Å². The second-order valence-electron chi connectivity index (χ2n) is 11.6. The van der Waals surface area contributed by atoms with Crippen LogP contribution in [-0.2, 0) is 15.1 Å². The number of benzene rings is 1. The van der Waals surface area contributed by atoms with Gasteiger partial charge in [-0.05, 0) is 63.0 Å². The van der Waals surface area contributed by atoms with Crippen LogP contribution in [0.3, 0.4) is 0 Å². The third kappa shape index (κ3) is 5.09. The van der Waals surface area contributed by atoms with Crippen LogP contribution in [0.4, 0.5) is 0 Å². The minimum atomic E-state index is -0.450. The first-order valence-electron chi connectivity index (χ1n) is 13.3. The summed E-state index contributed by atoms with van der Waals surface area (Å²) in [6.07, 6.45) is 9.62. The molecule has 2 aliphatic carbocycles. The summed E-state index contributed by atoms with van der Waals surface area (Å²) in [5.41, 5.74) is 8.58. The Morgan fingerprint density at radius 3 is 2.35 bits per heavy atom. The fourth-order valence-corrected chi connectivity index (χ4v) is 6.68. The average Bonchev–Trinajstić information content (AvgIpc) is 3.21. The summed E-state index contributed by atoms with van der Waals surface area (Å²) in [5, 5.41) is 2.56. The third-order valence-corrected chi connectivity index (χ3v) is 8.93. The highest BCUT2D eigenvalue weighted by atomic mass is 16.2. The molecule has 1 aliphatic heterocycles. The van der Waals surface area contributed by atoms with E-state index in [9.17, 15) is 9.59 Å². The molecule has 1 saturated heterocycles. The van der Waals surface area contributed by atoms with Crippen molar-refractivity contribution in [1.82, 2.24) is 21.1 Å². The highest BCUT2D eigenvalue weighted by molar-refractivity contribution is 6.37. The van der Waals surface area contributed by atoms with E-state index in [0.717, 1.165) is 45.1 Å². The monoisotopic (exact) mass is 468 g/mol. The third-order valence-electron chi connectivity index (χ3n) is 8.93. The normalized spacial score (nSPS) is 30.5. The second-order valence-corrected chi connectivity index (χ2v) is 11.6. The first kappa shape index (κ1) is 25.3. The van der Waals surface area contributed by atoms with Crippen LogP contribution in [-0.4, -0.2) is 48.8 Å². The molecule has 188 valence electrons. The lowest BCUT2D eigenvalue weighted by atomic mass is 9.66. The molecule has 0 radical (unpaired) electrons. The van der Waals surface area contributed by atoms with Crippen LogP contribution >= 0.6 is 0 Å². The van der Waals surface area contributed by atoms with Gasteiger partial charge in [-0.1, -0.05) is 63.4 Å². The Labute approximate surface area is 205 Å². The van der Waals surface area contributed by atoms with Gasteiger partial charge in [0, 0.05) is 36.6 Å². The Morgan fingerprint density at radius 2 is 1.79 bits per heavy atom. The van der Waals surface area contributed by atoms with E-state index in [1.807, 2.05) is 0 Å². The summed E-state index contributed by atoms with van der Waals surface area (Å²) in [4.78, 5) is 27.8. The van der Waals surface area contributed by atoms with Crippen molar-refractivity contribution in [2.45, 2.75) is 88.8 Å². The fraction of sp³-hybridized carbons (Fsp3) is 0.714. The number of nitrogens with zero attached hydrogens (tertiary/aromatic N) is 1. The number of hydrogen-bond donors (Lipinski definition) is 3. The van der Waals surface area contributed by atoms with Crippen molar-refractivity contribution in [3.8, 4) is 0 Å². The van der Waals surface area contributed by atoms with Crippen molar-refractivity contribution >= 4 is 11.7 Å². The van der Waals surface area contributed by atoms with Gasteiger partial charge in [-0.2, -0.15) is 0 Å². The van der Waals surface area contributed by atoms with Gasteiger partial charge in [0.05, 0.1) is 0 Å². The summed E-state index contributed by atoms with van der Waals surface area (Å²) in [7, 11) is 3.84. The molecule has 0 aromatic heterocycles. The highest BCUT2D eigenvalue weighted by Gasteiger charge is 2.51. The molecule has 0 bridgehead atoms. The predicted molar refractivity (Wildman–Crippen MR) is 136 cm³/mol. The lowest BCUT2D eigenvalue weighted by Gasteiger charge is -2.50. The lowest BCUT2D eigenvalue weighted by molar-refractivity contribution is -0.141. The fourth-order valence-electron chi connectivity index (χ4n) is 6.68. The number of Topliss-reactive ketones (excluding diaryl/α,β-unsaturated/α-hetero) is 1. The first-order valence-corrected chi connectivity index (χ1v) is 13.3. The maximum Gasteiger partial charge on any atom is 0.287 e. The van der Waals surface area contributed by atoms with E-state index in [1.54, 1.807) is 7.05 Å². The Kier molecular flexibility index (Phi) is 7.80. The highest BCUT2D eigenvalue weighted by Crippen LogP contribution is 2.48. The molecule has 3 fully saturated rings. The molecule has 6 nitrogen and oxygen atoms in total. The maximum absolute atomic E-state index is 13.0. The number of carbonyl (C=O) groups is 2. The molecule has 3 aliphatic rings. The lowest BCUT2D eigenvalue weighted by Crippen LogP contribution is -2.55. The smallest absolute Gasteiger partial charge is 0.287 e. The van der Waals surface area contributed by atoms with Crippen molar-refractivity contribution in [3.05, 3.63) is 35.9 Å². The molecule has 1 heterocycles. The van der Waals surface area contributed by atoms with Crippen molar-refractivity contribution in [2.75, 3.05) is 20.6 Å². The van der Waals surface area contributed by atoms with Crippen LogP contribution < -0.4 is 16.2 Å². The van der Waals surface area contributed by atoms with Crippen LogP contribution in [0.2, 0.25) is 0 Å². The van der Waals surface area contributed by atoms with Crippen molar-refractivity contribution in [2.24, 2.45) is 17.8 Å². The number of carbonyl (C=O) groups excluding carboxylic acids is 2. The van der Waals surface area contributed by atoms with Gasteiger partial charge in [0.15, 0.2) is 0 Å². The summed E-state index contributed by atoms with van der Waals surface area (Å²) in [6, 6.07) is 11.0. The van der Waals surface area contributed by atoms with E-state index in [4.69, 9.17) is 0 Å².